The molecule has 1 aromatic heterocycles. The molecule has 0 aliphatic carbocycles. The third-order valence-electron chi connectivity index (χ3n) is 1.11. The van der Waals surface area contributed by atoms with Crippen molar-refractivity contribution in [3.63, 3.8) is 0 Å². The lowest BCUT2D eigenvalue weighted by molar-refractivity contribution is -0.102. The first-order chi connectivity index (χ1) is 6.27. The van der Waals surface area contributed by atoms with Gasteiger partial charge in [0.2, 0.25) is 0 Å². The zero-order valence-electron chi connectivity index (χ0n) is 6.44. The van der Waals surface area contributed by atoms with Crippen LogP contribution in [0, 0.1) is 0 Å². The first kappa shape index (κ1) is 10.1. The van der Waals surface area contributed by atoms with Crippen LogP contribution in [0.4, 0.5) is 5.13 Å². The van der Waals surface area contributed by atoms with Crippen molar-refractivity contribution in [1.29, 1.82) is 0 Å². The van der Waals surface area contributed by atoms with Crippen LogP contribution in [0.25, 0.3) is 0 Å². The molecule has 0 aromatic carbocycles. The van der Waals surface area contributed by atoms with Gasteiger partial charge in [-0.25, -0.2) is 4.98 Å². The molecular weight excluding hydrogens is 258 g/mol. The number of hydrogen-bond donors (Lipinski definition) is 1. The monoisotopic (exact) mass is 263 g/mol. The zero-order chi connectivity index (χ0) is 9.68. The minimum atomic E-state index is 0.132. The summed E-state index contributed by atoms with van der Waals surface area (Å²) in [5.41, 5.74) is 6.17. The summed E-state index contributed by atoms with van der Waals surface area (Å²) in [4.78, 5) is 19.0. The lowest BCUT2D eigenvalue weighted by Crippen LogP contribution is -2.04. The van der Waals surface area contributed by atoms with Gasteiger partial charge in [0.05, 0.1) is 0 Å². The van der Waals surface area contributed by atoms with E-state index in [0.717, 1.165) is 0 Å². The molecule has 1 rings (SSSR count). The van der Waals surface area contributed by atoms with Crippen LogP contribution < -0.4 is 5.73 Å². The Hall–Kier alpha value is -0.950. The van der Waals surface area contributed by atoms with Gasteiger partial charge in [-0.05, 0) is 15.9 Å². The van der Waals surface area contributed by atoms with Gasteiger partial charge in [-0.15, -0.1) is 11.3 Å². The van der Waals surface area contributed by atoms with Gasteiger partial charge in [-0.2, -0.15) is 0 Å². The van der Waals surface area contributed by atoms with Crippen molar-refractivity contribution >= 4 is 44.4 Å². The molecule has 0 saturated heterocycles. The van der Waals surface area contributed by atoms with E-state index in [0.29, 0.717) is 17.1 Å². The first-order valence-corrected chi connectivity index (χ1v) is 5.20. The van der Waals surface area contributed by atoms with E-state index in [-0.39, 0.29) is 11.2 Å². The third-order valence-corrected chi connectivity index (χ3v) is 1.99. The van der Waals surface area contributed by atoms with E-state index in [1.165, 1.54) is 11.3 Å². The molecule has 0 aliphatic rings. The Balaban J connectivity index is 2.84. The highest BCUT2D eigenvalue weighted by Crippen LogP contribution is 2.11. The fourth-order valence-electron chi connectivity index (χ4n) is 0.628. The SMILES string of the molecule is Nc1nc(/C(C=O)=N/OCBr)cs1. The highest BCUT2D eigenvalue weighted by molar-refractivity contribution is 9.09. The predicted octanol–water partition coefficient (Wildman–Crippen LogP) is 0.997. The van der Waals surface area contributed by atoms with Gasteiger partial charge in [0, 0.05) is 5.38 Å². The Morgan fingerprint density at radius 3 is 3.15 bits per heavy atom. The standard InChI is InChI=1S/C6H6BrN3O2S/c7-3-12-10-4(1-11)5-2-13-6(8)9-5/h1-2H,3H2,(H2,8,9)/b10-4+. The molecule has 0 spiro atoms. The molecule has 0 atom stereocenters. The number of carbonyl (C=O) groups is 1. The van der Waals surface area contributed by atoms with Crippen LogP contribution in [0.1, 0.15) is 5.69 Å². The molecule has 7 heteroatoms. The second kappa shape index (κ2) is 4.93. The van der Waals surface area contributed by atoms with E-state index in [9.17, 15) is 4.79 Å². The Labute approximate surface area is 86.7 Å². The van der Waals surface area contributed by atoms with Crippen molar-refractivity contribution in [3.8, 4) is 0 Å². The van der Waals surface area contributed by atoms with Crippen molar-refractivity contribution in [3.05, 3.63) is 11.1 Å². The average Bonchev–Trinajstić information content (AvgIpc) is 2.54. The normalized spacial score (nSPS) is 11.3. The van der Waals surface area contributed by atoms with Crippen molar-refractivity contribution in [1.82, 2.24) is 4.98 Å². The van der Waals surface area contributed by atoms with Crippen LogP contribution in [0.2, 0.25) is 0 Å². The molecule has 70 valence electrons. The maximum absolute atomic E-state index is 10.5. The molecule has 0 radical (unpaired) electrons. The van der Waals surface area contributed by atoms with Crippen LogP contribution in [0.3, 0.4) is 0 Å². The van der Waals surface area contributed by atoms with E-state index < -0.39 is 0 Å². The molecule has 13 heavy (non-hydrogen) atoms. The topological polar surface area (TPSA) is 77.6 Å². The van der Waals surface area contributed by atoms with E-state index in [2.05, 4.69) is 30.9 Å². The molecule has 1 heterocycles. The van der Waals surface area contributed by atoms with Crippen LogP contribution in [-0.4, -0.2) is 22.5 Å². The minimum absolute atomic E-state index is 0.132. The number of thiazole rings is 1. The van der Waals surface area contributed by atoms with E-state index in [1.807, 2.05) is 0 Å². The van der Waals surface area contributed by atoms with Gasteiger partial charge in [0.15, 0.2) is 22.6 Å². The number of nitrogen functional groups attached to an aromatic ring is 1. The quantitative estimate of drug-likeness (QED) is 0.381. The van der Waals surface area contributed by atoms with Gasteiger partial charge in [-0.1, -0.05) is 5.16 Å². The Kier molecular flexibility index (Phi) is 3.84. The molecule has 0 bridgehead atoms. The molecule has 0 fully saturated rings. The van der Waals surface area contributed by atoms with Crippen molar-refractivity contribution in [2.24, 2.45) is 5.16 Å². The van der Waals surface area contributed by atoms with E-state index in [4.69, 9.17) is 5.73 Å². The summed E-state index contributed by atoms with van der Waals surface area (Å²) in [6.07, 6.45) is 0.567. The molecule has 0 aliphatic heterocycles. The van der Waals surface area contributed by atoms with E-state index in [1.54, 1.807) is 5.38 Å². The molecule has 0 saturated carbocycles. The predicted molar refractivity (Wildman–Crippen MR) is 54.0 cm³/mol. The van der Waals surface area contributed by atoms with Crippen LogP contribution >= 0.6 is 27.3 Å². The fraction of sp³-hybridized carbons (Fsp3) is 0.167. The smallest absolute Gasteiger partial charge is 0.180 e. The van der Waals surface area contributed by atoms with Crippen molar-refractivity contribution in [2.75, 3.05) is 11.2 Å². The number of carbonyl (C=O) groups excluding carboxylic acids is 1. The largest absolute Gasteiger partial charge is 0.384 e. The first-order valence-electron chi connectivity index (χ1n) is 3.20. The molecule has 0 unspecified atom stereocenters. The number of oxime groups is 1. The number of hydrogen-bond acceptors (Lipinski definition) is 6. The molecule has 1 aromatic rings. The van der Waals surface area contributed by atoms with Gasteiger partial charge < -0.3 is 10.6 Å². The Bertz CT molecular complexity index is 325. The summed E-state index contributed by atoms with van der Waals surface area (Å²) in [6.45, 7) is 0. The van der Waals surface area contributed by atoms with Gasteiger partial charge in [0.1, 0.15) is 5.69 Å². The van der Waals surface area contributed by atoms with Crippen LogP contribution in [0.15, 0.2) is 10.5 Å². The number of nitrogens with zero attached hydrogens (tertiary/aromatic N) is 2. The molecule has 5 nitrogen and oxygen atoms in total. The summed E-state index contributed by atoms with van der Waals surface area (Å²) >= 11 is 4.24. The van der Waals surface area contributed by atoms with E-state index >= 15 is 0 Å². The average molecular weight is 264 g/mol. The highest BCUT2D eigenvalue weighted by Gasteiger charge is 2.06. The van der Waals surface area contributed by atoms with Gasteiger partial charge in [0.25, 0.3) is 0 Å². The second-order valence-corrected chi connectivity index (χ2v) is 3.25. The number of halogens is 1. The number of nitrogens with two attached hydrogens (primary N) is 1. The van der Waals surface area contributed by atoms with Crippen molar-refractivity contribution < 1.29 is 9.63 Å². The summed E-state index contributed by atoms with van der Waals surface area (Å²) in [6, 6.07) is 0. The van der Waals surface area contributed by atoms with Crippen LogP contribution in [-0.2, 0) is 9.63 Å². The lowest BCUT2D eigenvalue weighted by Gasteiger charge is -1.93. The zero-order valence-corrected chi connectivity index (χ0v) is 8.84. The van der Waals surface area contributed by atoms with Gasteiger partial charge >= 0.3 is 0 Å². The molecule has 2 N–H and O–H groups in total. The van der Waals surface area contributed by atoms with Crippen LogP contribution in [0.5, 0.6) is 0 Å². The Morgan fingerprint density at radius 2 is 2.69 bits per heavy atom. The summed E-state index contributed by atoms with van der Waals surface area (Å²) in [7, 11) is 0. The maximum Gasteiger partial charge on any atom is 0.180 e. The number of anilines is 1. The number of rotatable bonds is 4. The molecule has 0 amide bonds. The second-order valence-electron chi connectivity index (χ2n) is 1.90. The van der Waals surface area contributed by atoms with Crippen molar-refractivity contribution in [2.45, 2.75) is 0 Å². The fourth-order valence-corrected chi connectivity index (χ4v) is 1.29. The van der Waals surface area contributed by atoms with Gasteiger partial charge in [-0.3, -0.25) is 4.79 Å². The summed E-state index contributed by atoms with van der Waals surface area (Å²) in [5.74, 6) is 0. The summed E-state index contributed by atoms with van der Waals surface area (Å²) < 4.78 is 0. The highest BCUT2D eigenvalue weighted by atomic mass is 79.9. The number of aromatic nitrogens is 1. The minimum Gasteiger partial charge on any atom is -0.384 e. The number of aldehydes is 1. The maximum atomic E-state index is 10.5. The third kappa shape index (κ3) is 2.78. The molecular formula is C6H6BrN3O2S. The lowest BCUT2D eigenvalue weighted by atomic mass is 10.3. The number of alkyl halides is 1. The summed E-state index contributed by atoms with van der Waals surface area (Å²) in [5, 5.41) is 5.57. The Morgan fingerprint density at radius 1 is 1.92 bits per heavy atom.